The van der Waals surface area contributed by atoms with Gasteiger partial charge in [-0.15, -0.1) is 0 Å². The molecule has 0 aromatic heterocycles. The molecule has 0 spiro atoms. The lowest BCUT2D eigenvalue weighted by molar-refractivity contribution is -0.0733. The Morgan fingerprint density at radius 3 is 2.41 bits per heavy atom. The van der Waals surface area contributed by atoms with Crippen LogP contribution in [0.15, 0.2) is 60.7 Å². The van der Waals surface area contributed by atoms with Gasteiger partial charge in [0, 0.05) is 17.1 Å². The molecule has 0 aliphatic heterocycles. The van der Waals surface area contributed by atoms with Crippen LogP contribution >= 0.6 is 42.6 Å². The van der Waals surface area contributed by atoms with E-state index >= 15 is 0 Å². The van der Waals surface area contributed by atoms with Crippen LogP contribution < -0.4 is 9.47 Å². The zero-order valence-corrected chi connectivity index (χ0v) is 26.6. The first-order valence-electron chi connectivity index (χ1n) is 12.9. The smallest absolute Gasteiger partial charge is 0.474 e. The summed E-state index contributed by atoms with van der Waals surface area (Å²) in [5.41, 5.74) is 2.61. The number of ether oxygens (including phenoxy) is 3. The van der Waals surface area contributed by atoms with Crippen LogP contribution in [0, 0.1) is 0 Å². The van der Waals surface area contributed by atoms with E-state index in [0.29, 0.717) is 12.1 Å². The first-order chi connectivity index (χ1) is 19.5. The second-order valence-electron chi connectivity index (χ2n) is 9.57. The number of rotatable bonds is 16. The van der Waals surface area contributed by atoms with E-state index in [-0.39, 0.29) is 21.7 Å². The van der Waals surface area contributed by atoms with Crippen LogP contribution in [-0.2, 0) is 31.2 Å². The molecule has 3 atom stereocenters. The topological polar surface area (TPSA) is 86.7 Å². The molecule has 3 rings (SSSR count). The molecule has 8 nitrogen and oxygen atoms in total. The van der Waals surface area contributed by atoms with Crippen molar-refractivity contribution < 1.29 is 32.7 Å². The average molecular weight is 647 g/mol. The Morgan fingerprint density at radius 2 is 1.68 bits per heavy atom. The maximum absolute atomic E-state index is 12.6. The van der Waals surface area contributed by atoms with Crippen molar-refractivity contribution in [3.63, 3.8) is 0 Å². The first kappa shape index (κ1) is 33.7. The molecular formula is C29H35Cl3NO7P. The molecule has 0 heterocycles. The number of phosphoric acid groups is 1. The number of hydrogen-bond donors (Lipinski definition) is 1. The van der Waals surface area contributed by atoms with Crippen molar-refractivity contribution in [2.24, 2.45) is 0 Å². The van der Waals surface area contributed by atoms with Gasteiger partial charge in [0.05, 0.1) is 23.3 Å². The number of phosphoric ester groups is 1. The Bertz CT molecular complexity index is 1330. The van der Waals surface area contributed by atoms with Crippen LogP contribution in [0.4, 0.5) is 0 Å². The highest BCUT2D eigenvalue weighted by Crippen LogP contribution is 2.49. The fourth-order valence-electron chi connectivity index (χ4n) is 4.03. The molecule has 0 amide bonds. The van der Waals surface area contributed by atoms with Gasteiger partial charge in [-0.25, -0.2) is 4.57 Å². The number of halogens is 3. The first-order valence-corrected chi connectivity index (χ1v) is 15.5. The van der Waals surface area contributed by atoms with Crippen LogP contribution in [0.25, 0.3) is 0 Å². The van der Waals surface area contributed by atoms with Crippen molar-refractivity contribution >= 4 is 42.6 Å². The van der Waals surface area contributed by atoms with Crippen LogP contribution in [0.2, 0.25) is 15.1 Å². The van der Waals surface area contributed by atoms with E-state index in [1.165, 1.54) is 12.1 Å². The fraction of sp³-hybridized carbons (Fsp3) is 0.379. The number of hydrogen-bond acceptors (Lipinski definition) is 7. The van der Waals surface area contributed by atoms with Gasteiger partial charge >= 0.3 is 7.82 Å². The third kappa shape index (κ3) is 11.1. The summed E-state index contributed by atoms with van der Waals surface area (Å²) in [5.74, 6) is 1.57. The highest BCUT2D eigenvalue weighted by Gasteiger charge is 2.28. The Labute approximate surface area is 256 Å². The lowest BCUT2D eigenvalue weighted by Crippen LogP contribution is -2.34. The van der Waals surface area contributed by atoms with Crippen molar-refractivity contribution in [3.05, 3.63) is 92.4 Å². The quantitative estimate of drug-likeness (QED) is 0.0967. The number of para-hydroxylation sites is 1. The largest absolute Gasteiger partial charge is 0.497 e. The molecular weight excluding hydrogens is 612 g/mol. The maximum Gasteiger partial charge on any atom is 0.474 e. The molecule has 3 aromatic carbocycles. The third-order valence-corrected chi connectivity index (χ3v) is 8.14. The zero-order chi connectivity index (χ0) is 30.0. The minimum Gasteiger partial charge on any atom is -0.497 e. The van der Waals surface area contributed by atoms with Crippen molar-refractivity contribution in [2.45, 2.75) is 32.0 Å². The molecule has 0 bridgehead atoms. The van der Waals surface area contributed by atoms with Gasteiger partial charge in [0.15, 0.2) is 6.79 Å². The summed E-state index contributed by atoms with van der Waals surface area (Å²) in [7, 11) is 0.931. The van der Waals surface area contributed by atoms with E-state index in [1.54, 1.807) is 14.0 Å². The van der Waals surface area contributed by atoms with Gasteiger partial charge in [0.1, 0.15) is 24.2 Å². The standard InChI is InChI=1S/C29H35Cl3NO7P/c1-20(25-15-27(31)28(32)16-26(25)30)40-41(34,35)39-19-38-24(17-33(2)3)18-37-29-11-6-5-9-22(29)13-12-21-8-7-10-23(14-21)36-4/h5-11,14-16,20,24H,12-13,17-19H2,1-4H3,(H,34,35). The van der Waals surface area contributed by atoms with Crippen LogP contribution in [-0.4, -0.2) is 57.0 Å². The number of likely N-dealkylation sites (N-methyl/N-ethyl adjacent to an activating group) is 1. The highest BCUT2D eigenvalue weighted by atomic mass is 35.5. The zero-order valence-electron chi connectivity index (χ0n) is 23.4. The minimum absolute atomic E-state index is 0.198. The van der Waals surface area contributed by atoms with E-state index in [1.807, 2.05) is 61.5 Å². The Kier molecular flexibility index (Phi) is 13.2. The summed E-state index contributed by atoms with van der Waals surface area (Å²) < 4.78 is 40.2. The Morgan fingerprint density at radius 1 is 0.951 bits per heavy atom. The predicted molar refractivity (Wildman–Crippen MR) is 163 cm³/mol. The molecule has 0 saturated heterocycles. The Hall–Kier alpha value is -1.84. The SMILES string of the molecule is COc1cccc(CCc2ccccc2OCC(CN(C)C)OCOP(=O)(O)OC(C)c2cc(Cl)c(Cl)cc2Cl)c1. The summed E-state index contributed by atoms with van der Waals surface area (Å²) in [6.07, 6.45) is 0.235. The van der Waals surface area contributed by atoms with Gasteiger partial charge < -0.3 is 24.0 Å². The molecule has 0 radical (unpaired) electrons. The monoisotopic (exact) mass is 645 g/mol. The third-order valence-electron chi connectivity index (χ3n) is 6.07. The van der Waals surface area contributed by atoms with E-state index in [0.717, 1.165) is 35.5 Å². The molecule has 0 aliphatic rings. The summed E-state index contributed by atoms with van der Waals surface area (Å²) in [6, 6.07) is 18.7. The highest BCUT2D eigenvalue weighted by molar-refractivity contribution is 7.47. The van der Waals surface area contributed by atoms with Crippen LogP contribution in [0.1, 0.15) is 29.7 Å². The van der Waals surface area contributed by atoms with Gasteiger partial charge in [-0.2, -0.15) is 0 Å². The molecule has 0 fully saturated rings. The minimum atomic E-state index is -4.50. The fourth-order valence-corrected chi connectivity index (χ4v) is 5.51. The van der Waals surface area contributed by atoms with Gasteiger partial charge in [-0.05, 0) is 75.3 Å². The average Bonchev–Trinajstić information content (AvgIpc) is 2.92. The van der Waals surface area contributed by atoms with Crippen molar-refractivity contribution in [3.8, 4) is 11.5 Å². The van der Waals surface area contributed by atoms with Crippen LogP contribution in [0.3, 0.4) is 0 Å². The normalized spacial score (nSPS) is 14.5. The van der Waals surface area contributed by atoms with Crippen molar-refractivity contribution in [2.75, 3.05) is 41.1 Å². The molecule has 3 aromatic rings. The second kappa shape index (κ2) is 16.1. The number of nitrogens with zero attached hydrogens (tertiary/aromatic N) is 1. The van der Waals surface area contributed by atoms with Gasteiger partial charge in [-0.1, -0.05) is 65.1 Å². The van der Waals surface area contributed by atoms with Crippen molar-refractivity contribution in [1.29, 1.82) is 0 Å². The lowest BCUT2D eigenvalue weighted by atomic mass is 10.0. The molecule has 1 N–H and O–H groups in total. The van der Waals surface area contributed by atoms with Gasteiger partial charge in [0.25, 0.3) is 0 Å². The molecule has 41 heavy (non-hydrogen) atoms. The van der Waals surface area contributed by atoms with Crippen molar-refractivity contribution in [1.82, 2.24) is 4.90 Å². The van der Waals surface area contributed by atoms with Gasteiger partial charge in [-0.3, -0.25) is 9.05 Å². The summed E-state index contributed by atoms with van der Waals surface area (Å²) in [5, 5.41) is 0.750. The number of methoxy groups -OCH3 is 1. The molecule has 224 valence electrons. The lowest BCUT2D eigenvalue weighted by Gasteiger charge is -2.24. The molecule has 3 unspecified atom stereocenters. The summed E-state index contributed by atoms with van der Waals surface area (Å²) in [6.45, 7) is 1.74. The van der Waals surface area contributed by atoms with E-state index in [2.05, 4.69) is 6.07 Å². The summed E-state index contributed by atoms with van der Waals surface area (Å²) in [4.78, 5) is 12.2. The van der Waals surface area contributed by atoms with E-state index in [4.69, 9.17) is 58.1 Å². The van der Waals surface area contributed by atoms with Crippen LogP contribution in [0.5, 0.6) is 11.5 Å². The molecule has 12 heteroatoms. The maximum atomic E-state index is 12.6. The predicted octanol–water partition coefficient (Wildman–Crippen LogP) is 7.62. The second-order valence-corrected chi connectivity index (χ2v) is 12.2. The molecule has 0 saturated carbocycles. The molecule has 0 aliphatic carbocycles. The Balaban J connectivity index is 1.55. The summed E-state index contributed by atoms with van der Waals surface area (Å²) >= 11 is 18.2. The number of aryl methyl sites for hydroxylation is 2. The van der Waals surface area contributed by atoms with Gasteiger partial charge in [0.2, 0.25) is 0 Å². The van der Waals surface area contributed by atoms with E-state index in [9.17, 15) is 9.46 Å². The number of benzene rings is 3. The van der Waals surface area contributed by atoms with E-state index < -0.39 is 26.8 Å².